The van der Waals surface area contributed by atoms with Gasteiger partial charge in [0, 0.05) is 36.5 Å². The van der Waals surface area contributed by atoms with Gasteiger partial charge in [-0.3, -0.25) is 29.0 Å². The van der Waals surface area contributed by atoms with E-state index < -0.39 is 42.0 Å². The average Bonchev–Trinajstić information content (AvgIpc) is 3.16. The predicted molar refractivity (Wildman–Crippen MR) is 207 cm³/mol. The van der Waals surface area contributed by atoms with Gasteiger partial charge in [0.15, 0.2) is 5.66 Å². The minimum absolute atomic E-state index is 0.0117. The van der Waals surface area contributed by atoms with E-state index in [1.54, 1.807) is 80.3 Å². The van der Waals surface area contributed by atoms with Crippen LogP contribution < -0.4 is 15.8 Å². The van der Waals surface area contributed by atoms with E-state index in [1.807, 2.05) is 13.8 Å². The minimum Gasteiger partial charge on any atom is -0.494 e. The Labute approximate surface area is 328 Å². The molecule has 3 N–H and O–H groups in total. The first-order valence-corrected chi connectivity index (χ1v) is 18.7. The van der Waals surface area contributed by atoms with Crippen molar-refractivity contribution < 1.29 is 47.7 Å². The zero-order valence-corrected chi connectivity index (χ0v) is 33.1. The second kappa shape index (κ2) is 22.7. The molecule has 1 amide bonds. The van der Waals surface area contributed by atoms with Crippen LogP contribution in [0.25, 0.3) is 11.4 Å². The van der Waals surface area contributed by atoms with Crippen molar-refractivity contribution in [2.75, 3.05) is 58.9 Å². The third-order valence-electron chi connectivity index (χ3n) is 8.37. The number of nitrogen functional groups attached to an aromatic ring is 1. The summed E-state index contributed by atoms with van der Waals surface area (Å²) >= 11 is 0. The number of pyridine rings is 2. The number of anilines is 1. The number of unbranched alkanes of at least 4 members (excludes halogenated alkanes) is 1. The maximum absolute atomic E-state index is 14.1. The van der Waals surface area contributed by atoms with Crippen molar-refractivity contribution in [3.63, 3.8) is 0 Å². The molecular formula is C40H54N6O10. The highest BCUT2D eigenvalue weighted by Crippen LogP contribution is 2.29. The van der Waals surface area contributed by atoms with Gasteiger partial charge in [0.05, 0.1) is 75.9 Å². The molecule has 304 valence electrons. The Bertz CT molecular complexity index is 1750. The number of nitrogens with one attached hydrogen (secondary N) is 1. The van der Waals surface area contributed by atoms with Crippen LogP contribution in [0.1, 0.15) is 75.6 Å². The van der Waals surface area contributed by atoms with Gasteiger partial charge in [-0.05, 0) is 76.9 Å². The molecule has 1 atom stereocenters. The average molecular weight is 779 g/mol. The Morgan fingerprint density at radius 3 is 1.96 bits per heavy atom. The van der Waals surface area contributed by atoms with E-state index in [4.69, 9.17) is 39.4 Å². The van der Waals surface area contributed by atoms with Crippen molar-refractivity contribution >= 4 is 35.5 Å². The highest BCUT2D eigenvalue weighted by Gasteiger charge is 2.47. The molecule has 0 aliphatic carbocycles. The van der Waals surface area contributed by atoms with E-state index in [0.717, 1.165) is 0 Å². The Kier molecular flexibility index (Phi) is 18.1. The number of carbonyl (C=O) groups is 5. The van der Waals surface area contributed by atoms with Gasteiger partial charge >= 0.3 is 23.9 Å². The molecule has 0 aliphatic rings. The highest BCUT2D eigenvalue weighted by molar-refractivity contribution is 5.98. The van der Waals surface area contributed by atoms with Crippen LogP contribution >= 0.6 is 0 Å². The van der Waals surface area contributed by atoms with Crippen molar-refractivity contribution in [3.05, 3.63) is 71.5 Å². The molecule has 2 heterocycles. The number of rotatable bonds is 23. The SMILES string of the molecule is CCCCC(NC(=O)c1ccc(N)cc1)(C(=O)OCC)N(CC(=O)OC)Cc1cc(OCC)cc(-c2cccc(CN(CC(=O)OCC)CC(=O)OCC)n2)n1. The van der Waals surface area contributed by atoms with E-state index in [9.17, 15) is 24.0 Å². The molecule has 1 unspecified atom stereocenters. The number of nitrogens with two attached hydrogens (primary N) is 1. The quantitative estimate of drug-likeness (QED) is 0.0607. The molecule has 0 spiro atoms. The smallest absolute Gasteiger partial charge is 0.347 e. The molecule has 0 fully saturated rings. The summed E-state index contributed by atoms with van der Waals surface area (Å²) in [6.07, 6.45) is 1.23. The number of benzene rings is 1. The van der Waals surface area contributed by atoms with Gasteiger partial charge in [-0.1, -0.05) is 19.4 Å². The lowest BCUT2D eigenvalue weighted by Gasteiger charge is -2.41. The molecule has 0 saturated carbocycles. The number of hydrogen-bond acceptors (Lipinski definition) is 15. The fourth-order valence-electron chi connectivity index (χ4n) is 5.81. The largest absolute Gasteiger partial charge is 0.494 e. The molecule has 0 aliphatic heterocycles. The van der Waals surface area contributed by atoms with E-state index in [0.29, 0.717) is 53.7 Å². The highest BCUT2D eigenvalue weighted by atomic mass is 16.5. The van der Waals surface area contributed by atoms with Gasteiger partial charge in [-0.2, -0.15) is 0 Å². The van der Waals surface area contributed by atoms with Crippen molar-refractivity contribution in [2.45, 2.75) is 72.6 Å². The molecule has 0 radical (unpaired) electrons. The third kappa shape index (κ3) is 13.3. The van der Waals surface area contributed by atoms with E-state index in [-0.39, 0.29) is 58.0 Å². The number of aromatic nitrogens is 2. The van der Waals surface area contributed by atoms with Crippen LogP contribution in [0.2, 0.25) is 0 Å². The molecule has 16 heteroatoms. The summed E-state index contributed by atoms with van der Waals surface area (Å²) in [5.74, 6) is -2.56. The molecule has 16 nitrogen and oxygen atoms in total. The minimum atomic E-state index is -1.83. The van der Waals surface area contributed by atoms with Crippen molar-refractivity contribution in [1.82, 2.24) is 25.1 Å². The van der Waals surface area contributed by atoms with Crippen LogP contribution in [0.3, 0.4) is 0 Å². The lowest BCUT2D eigenvalue weighted by Crippen LogP contribution is -2.66. The zero-order chi connectivity index (χ0) is 41.1. The first kappa shape index (κ1) is 44.8. The molecule has 56 heavy (non-hydrogen) atoms. The van der Waals surface area contributed by atoms with Gasteiger partial charge in [0.25, 0.3) is 5.91 Å². The topological polar surface area (TPSA) is 202 Å². The Morgan fingerprint density at radius 2 is 1.38 bits per heavy atom. The fraction of sp³-hybridized carbons (Fsp3) is 0.475. The predicted octanol–water partition coefficient (Wildman–Crippen LogP) is 3.91. The van der Waals surface area contributed by atoms with E-state index in [1.165, 1.54) is 12.0 Å². The molecule has 3 rings (SSSR count). The summed E-state index contributed by atoms with van der Waals surface area (Å²) in [7, 11) is 1.23. The lowest BCUT2D eigenvalue weighted by atomic mass is 9.98. The van der Waals surface area contributed by atoms with Crippen LogP contribution in [0.5, 0.6) is 5.75 Å². The number of methoxy groups -OCH3 is 1. The number of ether oxygens (including phenoxy) is 5. The first-order chi connectivity index (χ1) is 26.9. The normalized spacial score (nSPS) is 12.1. The van der Waals surface area contributed by atoms with Crippen LogP contribution in [-0.4, -0.2) is 108 Å². The zero-order valence-electron chi connectivity index (χ0n) is 33.1. The van der Waals surface area contributed by atoms with Gasteiger partial charge in [-0.15, -0.1) is 0 Å². The summed E-state index contributed by atoms with van der Waals surface area (Å²) in [4.78, 5) is 78.5. The second-order valence-electron chi connectivity index (χ2n) is 12.6. The summed E-state index contributed by atoms with van der Waals surface area (Å²) in [6, 6.07) is 14.9. The van der Waals surface area contributed by atoms with Gasteiger partial charge in [0.1, 0.15) is 5.75 Å². The summed E-state index contributed by atoms with van der Waals surface area (Å²) < 4.78 is 26.8. The van der Waals surface area contributed by atoms with Gasteiger partial charge in [0.2, 0.25) is 0 Å². The van der Waals surface area contributed by atoms with Crippen molar-refractivity contribution in [2.24, 2.45) is 0 Å². The Hall–Kier alpha value is -5.61. The van der Waals surface area contributed by atoms with Crippen LogP contribution in [0, 0.1) is 0 Å². The van der Waals surface area contributed by atoms with Gasteiger partial charge in [-0.25, -0.2) is 14.8 Å². The van der Waals surface area contributed by atoms with Crippen molar-refractivity contribution in [1.29, 1.82) is 0 Å². The number of esters is 4. The molecule has 3 aromatic rings. The maximum Gasteiger partial charge on any atom is 0.347 e. The standard InChI is InChI=1S/C40H54N6O10/c1-7-12-20-40(39(51)56-11-5,44-38(50)28-16-18-29(41)19-17-28)46(27-35(47)52-6)24-31-21-32(53-8-2)22-34(43-31)33-15-13-14-30(42-33)23-45(25-36(48)54-9-3)26-37(49)55-10-4/h13-19,21-22H,7-12,20,23-27,41H2,1-6H3,(H,44,50). The Balaban J connectivity index is 2.13. The molecule has 0 saturated heterocycles. The van der Waals surface area contributed by atoms with Gasteiger partial charge < -0.3 is 34.7 Å². The molecular weight excluding hydrogens is 724 g/mol. The number of hydrogen-bond donors (Lipinski definition) is 2. The van der Waals surface area contributed by atoms with Crippen LogP contribution in [-0.2, 0) is 51.2 Å². The molecule has 0 bridgehead atoms. The molecule has 1 aromatic carbocycles. The number of carbonyl (C=O) groups excluding carboxylic acids is 5. The fourth-order valence-corrected chi connectivity index (χ4v) is 5.81. The summed E-state index contributed by atoms with van der Waals surface area (Å²) in [5, 5.41) is 2.91. The first-order valence-electron chi connectivity index (χ1n) is 18.7. The second-order valence-corrected chi connectivity index (χ2v) is 12.6. The third-order valence-corrected chi connectivity index (χ3v) is 8.37. The molecule has 2 aromatic heterocycles. The monoisotopic (exact) mass is 778 g/mol. The summed E-state index contributed by atoms with van der Waals surface area (Å²) in [6.45, 7) is 8.77. The van der Waals surface area contributed by atoms with E-state index in [2.05, 4.69) is 5.32 Å². The van der Waals surface area contributed by atoms with Crippen LogP contribution in [0.15, 0.2) is 54.6 Å². The number of nitrogens with zero attached hydrogens (tertiary/aromatic N) is 4. The lowest BCUT2D eigenvalue weighted by molar-refractivity contribution is -0.164. The van der Waals surface area contributed by atoms with E-state index >= 15 is 0 Å². The van der Waals surface area contributed by atoms with Crippen molar-refractivity contribution in [3.8, 4) is 17.1 Å². The Morgan fingerprint density at radius 1 is 0.732 bits per heavy atom. The number of amides is 1. The summed E-state index contributed by atoms with van der Waals surface area (Å²) in [5.41, 5.74) is 6.47. The maximum atomic E-state index is 14.1. The van der Waals surface area contributed by atoms with Crippen LogP contribution in [0.4, 0.5) is 5.69 Å².